The third kappa shape index (κ3) is 3.74. The van der Waals surface area contributed by atoms with Crippen molar-refractivity contribution in [2.45, 2.75) is 6.04 Å². The lowest BCUT2D eigenvalue weighted by Crippen LogP contribution is -2.39. The van der Waals surface area contributed by atoms with Gasteiger partial charge in [0.05, 0.1) is 6.04 Å². The molecule has 0 saturated heterocycles. The number of likely N-dealkylation sites (N-methyl/N-ethyl adjacent to an activating group) is 1. The molecule has 3 nitrogen and oxygen atoms in total. The van der Waals surface area contributed by atoms with E-state index in [0.717, 1.165) is 4.47 Å². The van der Waals surface area contributed by atoms with E-state index >= 15 is 0 Å². The van der Waals surface area contributed by atoms with Gasteiger partial charge in [-0.1, -0.05) is 28.1 Å². The topological polar surface area (TPSA) is 46.3 Å². The Morgan fingerprint density at radius 3 is 2.40 bits per heavy atom. The summed E-state index contributed by atoms with van der Waals surface area (Å²) in [5, 5.41) is 0. The Balaban J connectivity index is 2.72. The summed E-state index contributed by atoms with van der Waals surface area (Å²) in [5.41, 5.74) is 6.45. The van der Waals surface area contributed by atoms with Gasteiger partial charge in [0.25, 0.3) is 0 Å². The van der Waals surface area contributed by atoms with Crippen LogP contribution in [-0.2, 0) is 0 Å². The predicted octanol–water partition coefficient (Wildman–Crippen LogP) is 1.52. The van der Waals surface area contributed by atoms with Gasteiger partial charge in [-0.15, -0.1) is 0 Å². The van der Waals surface area contributed by atoms with Gasteiger partial charge in [-0.3, -0.25) is 4.79 Å². The summed E-state index contributed by atoms with van der Waals surface area (Å²) in [7, 11) is 3.80. The average Bonchev–Trinajstić information content (AvgIpc) is 2.17. The van der Waals surface area contributed by atoms with Crippen LogP contribution in [-0.4, -0.2) is 37.4 Å². The second-order valence-electron chi connectivity index (χ2n) is 3.74. The first-order chi connectivity index (χ1) is 7.00. The van der Waals surface area contributed by atoms with E-state index < -0.39 is 6.04 Å². The molecule has 1 unspecified atom stereocenters. The fourth-order valence-electron chi connectivity index (χ4n) is 1.30. The van der Waals surface area contributed by atoms with Crippen molar-refractivity contribution in [2.24, 2.45) is 5.73 Å². The Morgan fingerprint density at radius 1 is 1.40 bits per heavy atom. The quantitative estimate of drug-likeness (QED) is 0.844. The molecule has 0 bridgehead atoms. The summed E-state index contributed by atoms with van der Waals surface area (Å²) in [5.74, 6) is -0.0174. The number of hydrogen-bond acceptors (Lipinski definition) is 3. The van der Waals surface area contributed by atoms with E-state index in [9.17, 15) is 4.79 Å². The van der Waals surface area contributed by atoms with Gasteiger partial charge in [0.2, 0.25) is 0 Å². The second kappa shape index (κ2) is 5.39. The highest BCUT2D eigenvalue weighted by atomic mass is 79.9. The zero-order valence-electron chi connectivity index (χ0n) is 8.90. The molecule has 1 aromatic carbocycles. The Kier molecular flexibility index (Phi) is 4.45. The van der Waals surface area contributed by atoms with Crippen LogP contribution in [0.25, 0.3) is 0 Å². The maximum atomic E-state index is 11.8. The number of nitrogens with two attached hydrogens (primary N) is 1. The molecule has 0 radical (unpaired) electrons. The summed E-state index contributed by atoms with van der Waals surface area (Å²) >= 11 is 3.32. The Hall–Kier alpha value is -0.710. The molecule has 0 aliphatic rings. The minimum absolute atomic E-state index is 0.0174. The van der Waals surface area contributed by atoms with E-state index in [0.29, 0.717) is 12.1 Å². The van der Waals surface area contributed by atoms with Gasteiger partial charge in [-0.25, -0.2) is 0 Å². The molecule has 0 saturated carbocycles. The van der Waals surface area contributed by atoms with Gasteiger partial charge in [0.1, 0.15) is 0 Å². The van der Waals surface area contributed by atoms with Gasteiger partial charge in [0.15, 0.2) is 5.78 Å². The van der Waals surface area contributed by atoms with Crippen LogP contribution >= 0.6 is 15.9 Å². The van der Waals surface area contributed by atoms with Crippen molar-refractivity contribution in [1.29, 1.82) is 0 Å². The molecular formula is C11H15BrN2O. The number of Topliss-reactive ketones (excluding diaryl/α,β-unsaturated/α-hetero) is 1. The van der Waals surface area contributed by atoms with Gasteiger partial charge in [0, 0.05) is 16.6 Å². The second-order valence-corrected chi connectivity index (χ2v) is 4.66. The molecule has 82 valence electrons. The number of rotatable bonds is 4. The average molecular weight is 271 g/mol. The summed E-state index contributed by atoms with van der Waals surface area (Å²) in [6, 6.07) is 6.79. The van der Waals surface area contributed by atoms with Crippen LogP contribution in [0.1, 0.15) is 10.4 Å². The molecule has 0 fully saturated rings. The van der Waals surface area contributed by atoms with Gasteiger partial charge in [-0.05, 0) is 26.2 Å². The number of halogens is 1. The molecule has 0 aromatic heterocycles. The van der Waals surface area contributed by atoms with E-state index in [1.54, 1.807) is 12.1 Å². The fourth-order valence-corrected chi connectivity index (χ4v) is 1.57. The summed E-state index contributed by atoms with van der Waals surface area (Å²) in [6.45, 7) is 0.564. The lowest BCUT2D eigenvalue weighted by atomic mass is 10.0. The van der Waals surface area contributed by atoms with Crippen molar-refractivity contribution in [3.63, 3.8) is 0 Å². The summed E-state index contributed by atoms with van der Waals surface area (Å²) in [6.07, 6.45) is 0. The van der Waals surface area contributed by atoms with Crippen LogP contribution in [0.5, 0.6) is 0 Å². The first-order valence-corrected chi connectivity index (χ1v) is 5.50. The molecule has 15 heavy (non-hydrogen) atoms. The molecule has 0 spiro atoms. The predicted molar refractivity (Wildman–Crippen MR) is 65.0 cm³/mol. The SMILES string of the molecule is CN(C)CC(N)C(=O)c1ccc(Br)cc1. The van der Waals surface area contributed by atoms with Crippen LogP contribution in [0.3, 0.4) is 0 Å². The molecule has 1 atom stereocenters. The minimum atomic E-state index is -0.457. The van der Waals surface area contributed by atoms with E-state index in [-0.39, 0.29) is 5.78 Å². The van der Waals surface area contributed by atoms with Crippen LogP contribution in [0.2, 0.25) is 0 Å². The van der Waals surface area contributed by atoms with E-state index in [1.807, 2.05) is 31.1 Å². The minimum Gasteiger partial charge on any atom is -0.320 e. The molecule has 0 aliphatic heterocycles. The molecule has 1 aromatic rings. The van der Waals surface area contributed by atoms with Crippen molar-refractivity contribution < 1.29 is 4.79 Å². The Morgan fingerprint density at radius 2 is 1.93 bits per heavy atom. The van der Waals surface area contributed by atoms with Crippen LogP contribution in [0, 0.1) is 0 Å². The number of carbonyl (C=O) groups excluding carboxylic acids is 1. The molecule has 4 heteroatoms. The van der Waals surface area contributed by atoms with Crippen LogP contribution in [0.15, 0.2) is 28.7 Å². The standard InChI is InChI=1S/C11H15BrN2O/c1-14(2)7-10(13)11(15)8-3-5-9(12)6-4-8/h3-6,10H,7,13H2,1-2H3. The van der Waals surface area contributed by atoms with Crippen molar-refractivity contribution >= 4 is 21.7 Å². The number of hydrogen-bond donors (Lipinski definition) is 1. The molecule has 0 amide bonds. The smallest absolute Gasteiger partial charge is 0.180 e. The largest absolute Gasteiger partial charge is 0.320 e. The van der Waals surface area contributed by atoms with Crippen LogP contribution in [0.4, 0.5) is 0 Å². The third-order valence-electron chi connectivity index (χ3n) is 2.03. The summed E-state index contributed by atoms with van der Waals surface area (Å²) < 4.78 is 0.959. The number of nitrogens with zero attached hydrogens (tertiary/aromatic N) is 1. The van der Waals surface area contributed by atoms with Crippen LogP contribution < -0.4 is 5.73 Å². The van der Waals surface area contributed by atoms with Crippen molar-refractivity contribution in [3.05, 3.63) is 34.3 Å². The highest BCUT2D eigenvalue weighted by molar-refractivity contribution is 9.10. The van der Waals surface area contributed by atoms with Crippen molar-refractivity contribution in [2.75, 3.05) is 20.6 Å². The maximum absolute atomic E-state index is 11.8. The monoisotopic (exact) mass is 270 g/mol. The van der Waals surface area contributed by atoms with Crippen molar-refractivity contribution in [3.8, 4) is 0 Å². The van der Waals surface area contributed by atoms with Gasteiger partial charge >= 0.3 is 0 Å². The molecule has 1 rings (SSSR count). The number of ketones is 1. The van der Waals surface area contributed by atoms with E-state index in [4.69, 9.17) is 5.73 Å². The first-order valence-electron chi connectivity index (χ1n) is 4.71. The van der Waals surface area contributed by atoms with E-state index in [2.05, 4.69) is 15.9 Å². The molecular weight excluding hydrogens is 256 g/mol. The molecule has 0 aliphatic carbocycles. The first kappa shape index (κ1) is 12.4. The Labute approximate surface area is 98.4 Å². The molecule has 2 N–H and O–H groups in total. The van der Waals surface area contributed by atoms with E-state index in [1.165, 1.54) is 0 Å². The van der Waals surface area contributed by atoms with Crippen molar-refractivity contribution in [1.82, 2.24) is 4.90 Å². The normalized spacial score (nSPS) is 12.9. The number of benzene rings is 1. The summed E-state index contributed by atoms with van der Waals surface area (Å²) in [4.78, 5) is 13.7. The Bertz CT molecular complexity index is 335. The maximum Gasteiger partial charge on any atom is 0.180 e. The third-order valence-corrected chi connectivity index (χ3v) is 2.56. The fraction of sp³-hybridized carbons (Fsp3) is 0.364. The lowest BCUT2D eigenvalue weighted by Gasteiger charge is -2.15. The zero-order chi connectivity index (χ0) is 11.4. The van der Waals surface area contributed by atoms with Gasteiger partial charge in [-0.2, -0.15) is 0 Å². The molecule has 0 heterocycles. The zero-order valence-corrected chi connectivity index (χ0v) is 10.5. The number of carbonyl (C=O) groups is 1. The highest BCUT2D eigenvalue weighted by Gasteiger charge is 2.15. The highest BCUT2D eigenvalue weighted by Crippen LogP contribution is 2.11. The lowest BCUT2D eigenvalue weighted by molar-refractivity contribution is 0.0947. The van der Waals surface area contributed by atoms with Gasteiger partial charge < -0.3 is 10.6 Å².